The van der Waals surface area contributed by atoms with Crippen LogP contribution in [0.3, 0.4) is 0 Å². The van der Waals surface area contributed by atoms with Crippen LogP contribution in [0.1, 0.15) is 76.6 Å². The predicted molar refractivity (Wildman–Crippen MR) is 165 cm³/mol. The number of aromatic hydroxyl groups is 1. The molecule has 0 saturated carbocycles. The standard InChI is InChI=1S/C33H45N3O7/c1-7-10-20-36(29(25-13-11-12-23(8-2)21-25)30(39)34-19-18-28(38)42-9-3)31(40)27(35-32(41)43-33(4,5)6)22-24-14-16-26(37)17-15-24/h8,11-17,21,27,29,37H,2,7,9-10,18-20,22H2,1,3-6H3,(H,34,39)(H,35,41). The third-order valence-corrected chi connectivity index (χ3v) is 6.36. The fourth-order valence-corrected chi connectivity index (χ4v) is 4.36. The monoisotopic (exact) mass is 595 g/mol. The number of hydrogen-bond acceptors (Lipinski definition) is 7. The molecule has 2 unspecified atom stereocenters. The van der Waals surface area contributed by atoms with E-state index in [9.17, 15) is 24.3 Å². The van der Waals surface area contributed by atoms with Gasteiger partial charge in [0.2, 0.25) is 11.8 Å². The van der Waals surface area contributed by atoms with Crippen molar-refractivity contribution in [3.8, 4) is 5.75 Å². The second-order valence-corrected chi connectivity index (χ2v) is 11.1. The summed E-state index contributed by atoms with van der Waals surface area (Å²) in [6.07, 6.45) is 2.28. The molecule has 234 valence electrons. The van der Waals surface area contributed by atoms with Crippen molar-refractivity contribution < 1.29 is 33.8 Å². The van der Waals surface area contributed by atoms with Crippen molar-refractivity contribution in [3.05, 3.63) is 71.8 Å². The molecular weight excluding hydrogens is 550 g/mol. The van der Waals surface area contributed by atoms with Gasteiger partial charge in [-0.25, -0.2) is 4.79 Å². The third kappa shape index (κ3) is 11.8. The van der Waals surface area contributed by atoms with E-state index in [1.54, 1.807) is 64.1 Å². The minimum absolute atomic E-state index is 0.0222. The first-order chi connectivity index (χ1) is 20.4. The minimum Gasteiger partial charge on any atom is -0.508 e. The zero-order valence-corrected chi connectivity index (χ0v) is 25.9. The molecular formula is C33H45N3O7. The fourth-order valence-electron chi connectivity index (χ4n) is 4.36. The number of alkyl carbamates (subject to hydrolysis) is 1. The third-order valence-electron chi connectivity index (χ3n) is 6.36. The molecule has 10 heteroatoms. The Labute approximate surface area is 254 Å². The lowest BCUT2D eigenvalue weighted by Gasteiger charge is -2.34. The summed E-state index contributed by atoms with van der Waals surface area (Å²) in [6.45, 7) is 13.2. The van der Waals surface area contributed by atoms with Crippen LogP contribution in [0.5, 0.6) is 5.75 Å². The van der Waals surface area contributed by atoms with Gasteiger partial charge in [-0.05, 0) is 69.0 Å². The number of carbonyl (C=O) groups excluding carboxylic acids is 4. The van der Waals surface area contributed by atoms with E-state index in [4.69, 9.17) is 9.47 Å². The van der Waals surface area contributed by atoms with Crippen LogP contribution in [-0.4, -0.2) is 65.2 Å². The molecule has 3 N–H and O–H groups in total. The molecule has 43 heavy (non-hydrogen) atoms. The lowest BCUT2D eigenvalue weighted by Crippen LogP contribution is -2.54. The molecule has 0 aliphatic rings. The Hall–Kier alpha value is -4.34. The Morgan fingerprint density at radius 3 is 2.37 bits per heavy atom. The highest BCUT2D eigenvalue weighted by Gasteiger charge is 2.36. The minimum atomic E-state index is -1.09. The van der Waals surface area contributed by atoms with E-state index < -0.39 is 41.6 Å². The highest BCUT2D eigenvalue weighted by atomic mass is 16.6. The lowest BCUT2D eigenvalue weighted by atomic mass is 9.98. The summed E-state index contributed by atoms with van der Waals surface area (Å²) in [4.78, 5) is 54.4. The Kier molecular flexibility index (Phi) is 13.7. The molecule has 0 aliphatic carbocycles. The number of phenols is 1. The normalized spacial score (nSPS) is 12.4. The van der Waals surface area contributed by atoms with Crippen molar-refractivity contribution in [1.82, 2.24) is 15.5 Å². The van der Waals surface area contributed by atoms with Crippen LogP contribution in [0.25, 0.3) is 6.08 Å². The molecule has 0 fully saturated rings. The summed E-state index contributed by atoms with van der Waals surface area (Å²) in [5, 5.41) is 15.2. The summed E-state index contributed by atoms with van der Waals surface area (Å²) in [5.74, 6) is -1.34. The summed E-state index contributed by atoms with van der Waals surface area (Å²) in [5.41, 5.74) is 1.20. The van der Waals surface area contributed by atoms with Crippen LogP contribution in [-0.2, 0) is 30.3 Å². The highest BCUT2D eigenvalue weighted by molar-refractivity contribution is 5.92. The van der Waals surface area contributed by atoms with Gasteiger partial charge in [0.25, 0.3) is 0 Å². The van der Waals surface area contributed by atoms with Gasteiger partial charge in [-0.1, -0.05) is 56.3 Å². The molecule has 0 radical (unpaired) electrons. The Morgan fingerprint density at radius 2 is 1.77 bits per heavy atom. The summed E-state index contributed by atoms with van der Waals surface area (Å²) in [6, 6.07) is 11.3. The number of benzene rings is 2. The van der Waals surface area contributed by atoms with E-state index in [0.29, 0.717) is 17.5 Å². The Bertz CT molecular complexity index is 1240. The van der Waals surface area contributed by atoms with Crippen molar-refractivity contribution in [3.63, 3.8) is 0 Å². The first-order valence-corrected chi connectivity index (χ1v) is 14.6. The van der Waals surface area contributed by atoms with Gasteiger partial charge in [-0.3, -0.25) is 14.4 Å². The number of esters is 1. The van der Waals surface area contributed by atoms with Crippen LogP contribution in [0.15, 0.2) is 55.1 Å². The molecule has 2 aromatic carbocycles. The van der Waals surface area contributed by atoms with Crippen LogP contribution >= 0.6 is 0 Å². The van der Waals surface area contributed by atoms with Crippen LogP contribution in [0, 0.1) is 0 Å². The smallest absolute Gasteiger partial charge is 0.408 e. The van der Waals surface area contributed by atoms with Gasteiger partial charge in [-0.15, -0.1) is 0 Å². The molecule has 0 bridgehead atoms. The summed E-state index contributed by atoms with van der Waals surface area (Å²) in [7, 11) is 0. The van der Waals surface area contributed by atoms with E-state index in [1.807, 2.05) is 13.0 Å². The van der Waals surface area contributed by atoms with Gasteiger partial charge in [-0.2, -0.15) is 0 Å². The molecule has 2 atom stereocenters. The van der Waals surface area contributed by atoms with E-state index in [0.717, 1.165) is 12.0 Å². The number of nitrogens with one attached hydrogen (secondary N) is 2. The molecule has 3 amide bonds. The van der Waals surface area contributed by atoms with E-state index in [1.165, 1.54) is 17.0 Å². The molecule has 2 rings (SSSR count). The van der Waals surface area contributed by atoms with Crippen molar-refractivity contribution in [2.24, 2.45) is 0 Å². The molecule has 0 saturated heterocycles. The zero-order chi connectivity index (χ0) is 32.0. The van der Waals surface area contributed by atoms with Gasteiger partial charge in [0, 0.05) is 19.5 Å². The lowest BCUT2D eigenvalue weighted by molar-refractivity contribution is -0.144. The number of carbonyl (C=O) groups is 4. The van der Waals surface area contributed by atoms with E-state index in [-0.39, 0.29) is 38.3 Å². The number of phenolic OH excluding ortho intramolecular Hbond substituents is 1. The second kappa shape index (κ2) is 16.9. The molecule has 0 aromatic heterocycles. The second-order valence-electron chi connectivity index (χ2n) is 11.1. The Morgan fingerprint density at radius 1 is 1.07 bits per heavy atom. The quantitative estimate of drug-likeness (QED) is 0.249. The highest BCUT2D eigenvalue weighted by Crippen LogP contribution is 2.26. The topological polar surface area (TPSA) is 134 Å². The number of nitrogens with zero attached hydrogens (tertiary/aromatic N) is 1. The first-order valence-electron chi connectivity index (χ1n) is 14.6. The van der Waals surface area contributed by atoms with Gasteiger partial charge in [0.1, 0.15) is 23.4 Å². The maximum absolute atomic E-state index is 14.4. The first kappa shape index (κ1) is 34.9. The zero-order valence-electron chi connectivity index (χ0n) is 25.9. The van der Waals surface area contributed by atoms with Crippen molar-refractivity contribution in [2.45, 2.75) is 78.0 Å². The van der Waals surface area contributed by atoms with E-state index >= 15 is 0 Å². The predicted octanol–water partition coefficient (Wildman–Crippen LogP) is 4.91. The van der Waals surface area contributed by atoms with Crippen molar-refractivity contribution in [1.29, 1.82) is 0 Å². The van der Waals surface area contributed by atoms with E-state index in [2.05, 4.69) is 17.2 Å². The summed E-state index contributed by atoms with van der Waals surface area (Å²) >= 11 is 0. The number of rotatable bonds is 15. The fraction of sp³-hybridized carbons (Fsp3) is 0.455. The SMILES string of the molecule is C=Cc1cccc(C(C(=O)NCCC(=O)OCC)N(CCCC)C(=O)C(Cc2ccc(O)cc2)NC(=O)OC(C)(C)C)c1. The average Bonchev–Trinajstić information content (AvgIpc) is 2.94. The molecule has 2 aromatic rings. The Balaban J connectivity index is 2.53. The number of hydrogen-bond donors (Lipinski definition) is 3. The van der Waals surface area contributed by atoms with Gasteiger partial charge in [0.15, 0.2) is 0 Å². The van der Waals surface area contributed by atoms with Crippen LogP contribution in [0.2, 0.25) is 0 Å². The number of amides is 3. The maximum atomic E-state index is 14.4. The number of unbranched alkanes of at least 4 members (excludes halogenated alkanes) is 1. The number of ether oxygens (including phenoxy) is 2. The van der Waals surface area contributed by atoms with Crippen molar-refractivity contribution in [2.75, 3.05) is 19.7 Å². The molecule has 0 heterocycles. The van der Waals surface area contributed by atoms with Gasteiger partial charge >= 0.3 is 12.1 Å². The van der Waals surface area contributed by atoms with Gasteiger partial charge in [0.05, 0.1) is 13.0 Å². The van der Waals surface area contributed by atoms with Crippen LogP contribution < -0.4 is 10.6 Å². The van der Waals surface area contributed by atoms with Crippen LogP contribution in [0.4, 0.5) is 4.79 Å². The largest absolute Gasteiger partial charge is 0.508 e. The van der Waals surface area contributed by atoms with Crippen molar-refractivity contribution >= 4 is 30.0 Å². The molecule has 0 aliphatic heterocycles. The van der Waals surface area contributed by atoms with Gasteiger partial charge < -0.3 is 30.1 Å². The summed E-state index contributed by atoms with van der Waals surface area (Å²) < 4.78 is 10.4. The molecule has 10 nitrogen and oxygen atoms in total. The molecule has 0 spiro atoms. The maximum Gasteiger partial charge on any atom is 0.408 e. The average molecular weight is 596 g/mol.